The average molecular weight is 609 g/mol. The molecule has 1 aliphatic heterocycles. The van der Waals surface area contributed by atoms with Crippen molar-refractivity contribution < 1.29 is 23.8 Å². The molecule has 11 heteroatoms. The number of carboxylic acid groups (broad SMARTS) is 1. The van der Waals surface area contributed by atoms with Crippen LogP contribution in [0.15, 0.2) is 85.0 Å². The minimum Gasteiger partial charge on any atom is -0.478 e. The normalized spacial score (nSPS) is 15.2. The van der Waals surface area contributed by atoms with Crippen molar-refractivity contribution in [2.24, 2.45) is 4.99 Å². The van der Waals surface area contributed by atoms with E-state index in [1.165, 1.54) is 34.1 Å². The van der Waals surface area contributed by atoms with E-state index in [1.54, 1.807) is 50.7 Å². The Morgan fingerprint density at radius 1 is 1.17 bits per heavy atom. The first kappa shape index (κ1) is 28.7. The fraction of sp³-hybridized carbons (Fsp3) is 0.200. The molecule has 210 valence electrons. The van der Waals surface area contributed by atoms with Crippen LogP contribution in [0.2, 0.25) is 5.02 Å². The van der Waals surface area contributed by atoms with E-state index in [4.69, 9.17) is 20.8 Å². The van der Waals surface area contributed by atoms with Gasteiger partial charge in [-0.05, 0) is 75.1 Å². The molecule has 1 aliphatic rings. The summed E-state index contributed by atoms with van der Waals surface area (Å²) < 4.78 is 13.4. The Bertz CT molecular complexity index is 1880. The van der Waals surface area contributed by atoms with E-state index in [1.807, 2.05) is 30.5 Å². The molecule has 0 aliphatic carbocycles. The zero-order valence-corrected chi connectivity index (χ0v) is 24.9. The number of benzene rings is 2. The van der Waals surface area contributed by atoms with Crippen molar-refractivity contribution in [2.75, 3.05) is 6.26 Å². The number of carboxylic acids is 1. The SMILES string of the molecule is CSc1ccc([C@@H]2C(C(=O)OC(C)C)=C(C)N=c3s/c(=C\c4ccc(-c5cc(C(=O)O)ccc5Cl)o4)c(=O)n32)cc1. The van der Waals surface area contributed by atoms with E-state index >= 15 is 0 Å². The Kier molecular flexibility index (Phi) is 8.08. The molecular weight excluding hydrogens is 584 g/mol. The van der Waals surface area contributed by atoms with Gasteiger partial charge < -0.3 is 14.3 Å². The van der Waals surface area contributed by atoms with Crippen LogP contribution in [0.25, 0.3) is 17.4 Å². The van der Waals surface area contributed by atoms with Gasteiger partial charge in [-0.25, -0.2) is 14.6 Å². The number of carbonyl (C=O) groups excluding carboxylic acids is 1. The molecule has 0 saturated carbocycles. The number of thiazole rings is 1. The number of carbonyl (C=O) groups is 2. The van der Waals surface area contributed by atoms with Crippen molar-refractivity contribution in [3.05, 3.63) is 107 Å². The lowest BCUT2D eigenvalue weighted by Crippen LogP contribution is -2.40. The summed E-state index contributed by atoms with van der Waals surface area (Å²) >= 11 is 9.08. The summed E-state index contributed by atoms with van der Waals surface area (Å²) in [5.41, 5.74) is 1.71. The molecule has 2 aromatic heterocycles. The number of fused-ring (bicyclic) bond motifs is 1. The van der Waals surface area contributed by atoms with Crippen LogP contribution in [0.3, 0.4) is 0 Å². The first-order chi connectivity index (χ1) is 19.6. The third kappa shape index (κ3) is 5.68. The molecule has 4 aromatic rings. The zero-order valence-electron chi connectivity index (χ0n) is 22.5. The molecule has 1 atom stereocenters. The number of thioether (sulfide) groups is 1. The summed E-state index contributed by atoms with van der Waals surface area (Å²) in [6.45, 7) is 5.28. The summed E-state index contributed by atoms with van der Waals surface area (Å²) in [5, 5.41) is 9.68. The smallest absolute Gasteiger partial charge is 0.338 e. The van der Waals surface area contributed by atoms with Crippen molar-refractivity contribution in [3.63, 3.8) is 0 Å². The number of nitrogens with zero attached hydrogens (tertiary/aromatic N) is 2. The molecule has 3 heterocycles. The summed E-state index contributed by atoms with van der Waals surface area (Å²) in [6.07, 6.45) is 3.23. The van der Waals surface area contributed by atoms with Gasteiger partial charge in [-0.2, -0.15) is 0 Å². The zero-order chi connectivity index (χ0) is 29.4. The first-order valence-electron chi connectivity index (χ1n) is 12.6. The first-order valence-corrected chi connectivity index (χ1v) is 15.0. The minimum atomic E-state index is -1.08. The van der Waals surface area contributed by atoms with Crippen LogP contribution in [0.5, 0.6) is 0 Å². The third-order valence-corrected chi connectivity index (χ3v) is 8.45. The van der Waals surface area contributed by atoms with Gasteiger partial charge in [-0.15, -0.1) is 11.8 Å². The van der Waals surface area contributed by atoms with Crippen molar-refractivity contribution in [2.45, 2.75) is 37.8 Å². The monoisotopic (exact) mass is 608 g/mol. The maximum absolute atomic E-state index is 13.8. The molecule has 0 radical (unpaired) electrons. The van der Waals surface area contributed by atoms with E-state index in [9.17, 15) is 19.5 Å². The number of rotatable bonds is 7. The van der Waals surface area contributed by atoms with Crippen LogP contribution in [0, 0.1) is 0 Å². The van der Waals surface area contributed by atoms with Gasteiger partial charge in [-0.1, -0.05) is 35.1 Å². The van der Waals surface area contributed by atoms with Crippen LogP contribution >= 0.6 is 34.7 Å². The van der Waals surface area contributed by atoms with Crippen molar-refractivity contribution in [3.8, 4) is 11.3 Å². The summed E-state index contributed by atoms with van der Waals surface area (Å²) in [6, 6.07) is 14.7. The van der Waals surface area contributed by atoms with Crippen molar-refractivity contribution in [1.29, 1.82) is 0 Å². The van der Waals surface area contributed by atoms with Crippen LogP contribution in [-0.2, 0) is 9.53 Å². The number of allylic oxidation sites excluding steroid dienone is 1. The van der Waals surface area contributed by atoms with Gasteiger partial charge in [0.1, 0.15) is 11.5 Å². The quantitative estimate of drug-likeness (QED) is 0.217. The van der Waals surface area contributed by atoms with Gasteiger partial charge in [0, 0.05) is 16.5 Å². The number of esters is 1. The Hall–Kier alpha value is -3.86. The molecule has 0 unspecified atom stereocenters. The van der Waals surface area contributed by atoms with Gasteiger partial charge in [0.2, 0.25) is 0 Å². The van der Waals surface area contributed by atoms with E-state index in [-0.39, 0.29) is 17.2 Å². The van der Waals surface area contributed by atoms with Crippen molar-refractivity contribution in [1.82, 2.24) is 4.57 Å². The third-order valence-electron chi connectivity index (χ3n) is 6.39. The lowest BCUT2D eigenvalue weighted by Gasteiger charge is -2.25. The number of aromatic nitrogens is 1. The van der Waals surface area contributed by atoms with E-state index < -0.39 is 18.0 Å². The van der Waals surface area contributed by atoms with E-state index in [2.05, 4.69) is 4.99 Å². The molecule has 0 amide bonds. The maximum atomic E-state index is 13.8. The lowest BCUT2D eigenvalue weighted by molar-refractivity contribution is -0.143. The summed E-state index contributed by atoms with van der Waals surface area (Å²) in [7, 11) is 0. The van der Waals surface area contributed by atoms with E-state index in [0.717, 1.165) is 10.5 Å². The van der Waals surface area contributed by atoms with Crippen LogP contribution in [0.4, 0.5) is 0 Å². The standard InChI is InChI=1S/C30H25ClN2O6S2/c1-15(2)38-29(37)25-16(3)32-30-33(26(25)17-5-9-20(40-4)10-6-17)27(34)24(41-30)14-19-8-12-23(39-19)21-13-18(28(35)36)7-11-22(21)31/h5-15,26H,1-4H3,(H,35,36)/b24-14-/t26-/m1/s1. The number of halogens is 1. The summed E-state index contributed by atoms with van der Waals surface area (Å²) in [5.74, 6) is -0.873. The Morgan fingerprint density at radius 3 is 2.56 bits per heavy atom. The topological polar surface area (TPSA) is 111 Å². The second-order valence-electron chi connectivity index (χ2n) is 9.51. The number of aromatic carboxylic acids is 1. The number of furan rings is 1. The van der Waals surface area contributed by atoms with Crippen LogP contribution in [0.1, 0.15) is 48.5 Å². The molecule has 0 fully saturated rings. The molecule has 5 rings (SSSR count). The van der Waals surface area contributed by atoms with Gasteiger partial charge in [0.25, 0.3) is 5.56 Å². The Morgan fingerprint density at radius 2 is 1.90 bits per heavy atom. The van der Waals surface area contributed by atoms with Crippen LogP contribution < -0.4 is 14.9 Å². The second kappa shape index (κ2) is 11.6. The molecular formula is C30H25ClN2O6S2. The molecule has 2 aromatic carbocycles. The number of ether oxygens (including phenoxy) is 1. The second-order valence-corrected chi connectivity index (χ2v) is 11.8. The highest BCUT2D eigenvalue weighted by Gasteiger charge is 2.33. The summed E-state index contributed by atoms with van der Waals surface area (Å²) in [4.78, 5) is 44.6. The van der Waals surface area contributed by atoms with Gasteiger partial charge in [0.15, 0.2) is 4.80 Å². The number of hydrogen-bond acceptors (Lipinski definition) is 8. The molecule has 0 spiro atoms. The maximum Gasteiger partial charge on any atom is 0.338 e. The van der Waals surface area contributed by atoms with Crippen molar-refractivity contribution >= 4 is 52.7 Å². The largest absolute Gasteiger partial charge is 0.478 e. The molecule has 1 N–H and O–H groups in total. The molecule has 41 heavy (non-hydrogen) atoms. The fourth-order valence-corrected chi connectivity index (χ4v) is 6.16. The van der Waals surface area contributed by atoms with Gasteiger partial charge in [0.05, 0.1) is 38.5 Å². The van der Waals surface area contributed by atoms with E-state index in [0.29, 0.717) is 42.7 Å². The predicted octanol–water partition coefficient (Wildman–Crippen LogP) is 5.52. The Balaban J connectivity index is 1.62. The van der Waals surface area contributed by atoms with Crippen LogP contribution in [-0.4, -0.2) is 34.0 Å². The highest BCUT2D eigenvalue weighted by Crippen LogP contribution is 2.33. The predicted molar refractivity (Wildman–Crippen MR) is 159 cm³/mol. The van der Waals surface area contributed by atoms with Gasteiger partial charge >= 0.3 is 11.9 Å². The highest BCUT2D eigenvalue weighted by atomic mass is 35.5. The number of hydrogen-bond donors (Lipinski definition) is 1. The lowest BCUT2D eigenvalue weighted by atomic mass is 9.96. The average Bonchev–Trinajstić information content (AvgIpc) is 3.51. The van der Waals surface area contributed by atoms with Gasteiger partial charge in [-0.3, -0.25) is 9.36 Å². The molecule has 0 bridgehead atoms. The Labute approximate surface area is 248 Å². The molecule has 0 saturated heterocycles. The highest BCUT2D eigenvalue weighted by molar-refractivity contribution is 7.98. The minimum absolute atomic E-state index is 0.0726. The molecule has 8 nitrogen and oxygen atoms in total. The fourth-order valence-electron chi connectivity index (χ4n) is 4.51.